The summed E-state index contributed by atoms with van der Waals surface area (Å²) < 4.78 is 27.0. The number of amides is 1. The van der Waals surface area contributed by atoms with Crippen molar-refractivity contribution in [3.63, 3.8) is 0 Å². The van der Waals surface area contributed by atoms with E-state index in [1.165, 1.54) is 4.31 Å². The number of piperidine rings is 1. The van der Waals surface area contributed by atoms with E-state index in [0.29, 0.717) is 42.4 Å². The van der Waals surface area contributed by atoms with Crippen LogP contribution in [0, 0.1) is 6.92 Å². The SMILES string of the molecule is Cc1ccc(S(=O)(=O)N2CCC(NC(=O)c3cc(C4CC4)[nH]n3)CC2)cc1. The second-order valence-corrected chi connectivity index (χ2v) is 9.39. The van der Waals surface area contributed by atoms with Crippen molar-refractivity contribution in [2.24, 2.45) is 0 Å². The van der Waals surface area contributed by atoms with Crippen molar-refractivity contribution in [1.29, 1.82) is 0 Å². The fourth-order valence-corrected chi connectivity index (χ4v) is 4.89. The van der Waals surface area contributed by atoms with E-state index in [2.05, 4.69) is 15.5 Å². The van der Waals surface area contributed by atoms with Crippen molar-refractivity contribution >= 4 is 15.9 Å². The third-order valence-electron chi connectivity index (χ3n) is 5.30. The van der Waals surface area contributed by atoms with Gasteiger partial charge in [0.1, 0.15) is 5.69 Å². The normalized spacial score (nSPS) is 19.1. The van der Waals surface area contributed by atoms with Gasteiger partial charge in [-0.2, -0.15) is 9.40 Å². The molecule has 8 heteroatoms. The molecule has 1 aromatic heterocycles. The van der Waals surface area contributed by atoms with Gasteiger partial charge in [-0.1, -0.05) is 17.7 Å². The molecule has 144 valence electrons. The van der Waals surface area contributed by atoms with Crippen LogP contribution in [0.4, 0.5) is 0 Å². The quantitative estimate of drug-likeness (QED) is 0.821. The standard InChI is InChI=1S/C19H24N4O3S/c1-13-2-6-16(7-3-13)27(25,26)23-10-8-15(9-11-23)20-19(24)18-12-17(21-22-18)14-4-5-14/h2-3,6-7,12,14-15H,4-5,8-11H2,1H3,(H,20,24)(H,21,22). The first kappa shape index (κ1) is 18.2. The molecule has 1 aromatic carbocycles. The minimum atomic E-state index is -3.48. The molecular formula is C19H24N4O3S. The molecule has 0 radical (unpaired) electrons. The molecule has 2 aromatic rings. The van der Waals surface area contributed by atoms with Crippen molar-refractivity contribution in [2.75, 3.05) is 13.1 Å². The van der Waals surface area contributed by atoms with Crippen LogP contribution in [0.1, 0.15) is 53.3 Å². The van der Waals surface area contributed by atoms with Crippen LogP contribution in [0.15, 0.2) is 35.2 Å². The number of rotatable bonds is 5. The van der Waals surface area contributed by atoms with Crippen molar-refractivity contribution in [3.05, 3.63) is 47.3 Å². The van der Waals surface area contributed by atoms with Crippen LogP contribution in [0.25, 0.3) is 0 Å². The number of carbonyl (C=O) groups excluding carboxylic acids is 1. The van der Waals surface area contributed by atoms with Crippen LogP contribution >= 0.6 is 0 Å². The maximum Gasteiger partial charge on any atom is 0.271 e. The highest BCUT2D eigenvalue weighted by molar-refractivity contribution is 7.89. The van der Waals surface area contributed by atoms with Crippen molar-refractivity contribution in [2.45, 2.75) is 49.5 Å². The van der Waals surface area contributed by atoms with E-state index in [9.17, 15) is 13.2 Å². The molecular weight excluding hydrogens is 364 g/mol. The van der Waals surface area contributed by atoms with Crippen LogP contribution in [0.5, 0.6) is 0 Å². The van der Waals surface area contributed by atoms with E-state index in [1.54, 1.807) is 24.3 Å². The summed E-state index contributed by atoms with van der Waals surface area (Å²) in [5.74, 6) is 0.326. The van der Waals surface area contributed by atoms with Gasteiger partial charge in [0, 0.05) is 30.7 Å². The second kappa shape index (κ2) is 7.09. The average molecular weight is 388 g/mol. The lowest BCUT2D eigenvalue weighted by Crippen LogP contribution is -2.46. The molecule has 0 bridgehead atoms. The number of aromatic nitrogens is 2. The Morgan fingerprint density at radius 3 is 2.44 bits per heavy atom. The molecule has 1 aliphatic heterocycles. The maximum atomic E-state index is 12.7. The summed E-state index contributed by atoms with van der Waals surface area (Å²) >= 11 is 0. The molecule has 0 atom stereocenters. The summed E-state index contributed by atoms with van der Waals surface area (Å²) in [6.07, 6.45) is 3.49. The summed E-state index contributed by atoms with van der Waals surface area (Å²) in [5.41, 5.74) is 2.46. The van der Waals surface area contributed by atoms with E-state index in [-0.39, 0.29) is 11.9 Å². The zero-order valence-electron chi connectivity index (χ0n) is 15.3. The second-order valence-electron chi connectivity index (χ2n) is 7.45. The highest BCUT2D eigenvalue weighted by atomic mass is 32.2. The number of sulfonamides is 1. The smallest absolute Gasteiger partial charge is 0.271 e. The number of hydrogen-bond donors (Lipinski definition) is 2. The summed E-state index contributed by atoms with van der Waals surface area (Å²) in [4.78, 5) is 12.7. The Morgan fingerprint density at radius 1 is 1.15 bits per heavy atom. The molecule has 27 heavy (non-hydrogen) atoms. The first-order valence-electron chi connectivity index (χ1n) is 9.36. The topological polar surface area (TPSA) is 95.2 Å². The lowest BCUT2D eigenvalue weighted by molar-refractivity contribution is 0.0918. The monoisotopic (exact) mass is 388 g/mol. The molecule has 0 unspecified atom stereocenters. The van der Waals surface area contributed by atoms with E-state index in [4.69, 9.17) is 0 Å². The van der Waals surface area contributed by atoms with Gasteiger partial charge in [-0.15, -0.1) is 0 Å². The van der Waals surface area contributed by atoms with Gasteiger partial charge in [-0.05, 0) is 50.8 Å². The number of aryl methyl sites for hydroxylation is 1. The number of benzene rings is 1. The van der Waals surface area contributed by atoms with Crippen molar-refractivity contribution < 1.29 is 13.2 Å². The number of carbonyl (C=O) groups is 1. The van der Waals surface area contributed by atoms with Gasteiger partial charge in [-0.3, -0.25) is 9.89 Å². The fourth-order valence-electron chi connectivity index (χ4n) is 3.42. The molecule has 2 fully saturated rings. The van der Waals surface area contributed by atoms with Crippen LogP contribution in [-0.2, 0) is 10.0 Å². The number of nitrogens with zero attached hydrogens (tertiary/aromatic N) is 2. The van der Waals surface area contributed by atoms with Crippen molar-refractivity contribution in [3.8, 4) is 0 Å². The predicted molar refractivity (Wildman–Crippen MR) is 101 cm³/mol. The lowest BCUT2D eigenvalue weighted by atomic mass is 10.1. The lowest BCUT2D eigenvalue weighted by Gasteiger charge is -2.31. The molecule has 2 N–H and O–H groups in total. The molecule has 1 amide bonds. The molecule has 1 saturated heterocycles. The summed E-state index contributed by atoms with van der Waals surface area (Å²) in [7, 11) is -3.48. The molecule has 2 aliphatic rings. The minimum absolute atomic E-state index is 0.0388. The molecule has 2 heterocycles. The van der Waals surface area contributed by atoms with Gasteiger partial charge in [0.25, 0.3) is 5.91 Å². The number of nitrogens with one attached hydrogen (secondary N) is 2. The fraction of sp³-hybridized carbons (Fsp3) is 0.474. The Hall–Kier alpha value is -2.19. The Balaban J connectivity index is 1.34. The van der Waals surface area contributed by atoms with Gasteiger partial charge in [0.05, 0.1) is 4.90 Å². The predicted octanol–water partition coefficient (Wildman–Crippen LogP) is 2.18. The highest BCUT2D eigenvalue weighted by Crippen LogP contribution is 2.39. The molecule has 0 spiro atoms. The first-order chi connectivity index (χ1) is 12.9. The Labute approximate surface area is 159 Å². The molecule has 1 aliphatic carbocycles. The van der Waals surface area contributed by atoms with Gasteiger partial charge in [0.15, 0.2) is 0 Å². The Morgan fingerprint density at radius 2 is 1.81 bits per heavy atom. The third kappa shape index (κ3) is 3.91. The largest absolute Gasteiger partial charge is 0.348 e. The number of hydrogen-bond acceptors (Lipinski definition) is 4. The summed E-state index contributed by atoms with van der Waals surface area (Å²) in [6.45, 7) is 2.72. The third-order valence-corrected chi connectivity index (χ3v) is 7.21. The molecule has 1 saturated carbocycles. The summed E-state index contributed by atoms with van der Waals surface area (Å²) in [6, 6.07) is 8.69. The molecule has 4 rings (SSSR count). The van der Waals surface area contributed by atoms with Gasteiger partial charge >= 0.3 is 0 Å². The van der Waals surface area contributed by atoms with Crippen LogP contribution in [0.2, 0.25) is 0 Å². The van der Waals surface area contributed by atoms with Crippen molar-refractivity contribution in [1.82, 2.24) is 19.8 Å². The molecule has 7 nitrogen and oxygen atoms in total. The first-order valence-corrected chi connectivity index (χ1v) is 10.8. The van der Waals surface area contributed by atoms with E-state index in [1.807, 2.05) is 13.0 Å². The average Bonchev–Trinajstić information content (AvgIpc) is 3.39. The Bertz CT molecular complexity index is 924. The van der Waals surface area contributed by atoms with Crippen LogP contribution < -0.4 is 5.32 Å². The number of H-pyrrole nitrogens is 1. The van der Waals surface area contributed by atoms with E-state index in [0.717, 1.165) is 24.1 Å². The van der Waals surface area contributed by atoms with Gasteiger partial charge in [-0.25, -0.2) is 8.42 Å². The number of aromatic amines is 1. The van der Waals surface area contributed by atoms with Gasteiger partial charge < -0.3 is 5.32 Å². The van der Waals surface area contributed by atoms with Crippen LogP contribution in [-0.4, -0.2) is 48.0 Å². The Kier molecular flexibility index (Phi) is 4.77. The zero-order chi connectivity index (χ0) is 19.0. The summed E-state index contributed by atoms with van der Waals surface area (Å²) in [5, 5.41) is 10.0. The van der Waals surface area contributed by atoms with Gasteiger partial charge in [0.2, 0.25) is 10.0 Å². The van der Waals surface area contributed by atoms with Crippen LogP contribution in [0.3, 0.4) is 0 Å². The minimum Gasteiger partial charge on any atom is -0.348 e. The highest BCUT2D eigenvalue weighted by Gasteiger charge is 2.31. The van der Waals surface area contributed by atoms with E-state index >= 15 is 0 Å². The zero-order valence-corrected chi connectivity index (χ0v) is 16.1. The van der Waals surface area contributed by atoms with E-state index < -0.39 is 10.0 Å². The maximum absolute atomic E-state index is 12.7.